The van der Waals surface area contributed by atoms with Gasteiger partial charge in [0.25, 0.3) is 5.78 Å². The predicted molar refractivity (Wildman–Crippen MR) is 108 cm³/mol. The van der Waals surface area contributed by atoms with Crippen LogP contribution in [0.4, 0.5) is 19.0 Å². The van der Waals surface area contributed by atoms with Crippen molar-refractivity contribution in [1.29, 1.82) is 0 Å². The van der Waals surface area contributed by atoms with E-state index in [9.17, 15) is 13.2 Å². The lowest BCUT2D eigenvalue weighted by Crippen LogP contribution is -2.35. The van der Waals surface area contributed by atoms with Gasteiger partial charge in [-0.25, -0.2) is 9.97 Å². The SMILES string of the molecule is FC(F)(F)c1csc(C2CCCN(c3cc(-c4ccccc4)nc4ncnn34)C2)n1. The number of hydrogen-bond donors (Lipinski definition) is 0. The third kappa shape index (κ3) is 3.51. The van der Waals surface area contributed by atoms with Crippen molar-refractivity contribution >= 4 is 22.9 Å². The van der Waals surface area contributed by atoms with Crippen LogP contribution in [-0.2, 0) is 6.18 Å². The third-order valence-corrected chi connectivity index (χ3v) is 6.22. The van der Waals surface area contributed by atoms with Gasteiger partial charge in [-0.2, -0.15) is 27.8 Å². The third-order valence-electron chi connectivity index (χ3n) is 5.21. The molecule has 0 spiro atoms. The predicted octanol–water partition coefficient (Wildman–Crippen LogP) is 4.65. The molecule has 1 atom stereocenters. The first-order valence-corrected chi connectivity index (χ1v) is 10.4. The summed E-state index contributed by atoms with van der Waals surface area (Å²) in [6.07, 6.45) is -1.30. The van der Waals surface area contributed by atoms with Gasteiger partial charge in [-0.15, -0.1) is 11.3 Å². The number of alkyl halides is 3. The Labute approximate surface area is 174 Å². The molecule has 3 aromatic heterocycles. The highest BCUT2D eigenvalue weighted by atomic mass is 32.1. The molecule has 1 saturated heterocycles. The van der Waals surface area contributed by atoms with E-state index < -0.39 is 11.9 Å². The van der Waals surface area contributed by atoms with Gasteiger partial charge in [0, 0.05) is 36.0 Å². The van der Waals surface area contributed by atoms with Crippen LogP contribution in [0.2, 0.25) is 0 Å². The topological polar surface area (TPSA) is 59.2 Å². The second-order valence-corrected chi connectivity index (χ2v) is 8.08. The summed E-state index contributed by atoms with van der Waals surface area (Å²) in [7, 11) is 0. The number of hydrogen-bond acceptors (Lipinski definition) is 6. The van der Waals surface area contributed by atoms with Crippen LogP contribution in [0.25, 0.3) is 17.0 Å². The summed E-state index contributed by atoms with van der Waals surface area (Å²) >= 11 is 1.08. The highest BCUT2D eigenvalue weighted by Gasteiger charge is 2.35. The molecular weight excluding hydrogens is 413 g/mol. The summed E-state index contributed by atoms with van der Waals surface area (Å²) in [5, 5.41) is 5.93. The zero-order valence-electron chi connectivity index (χ0n) is 15.8. The Hall–Kier alpha value is -3.01. The molecule has 1 aliphatic heterocycles. The summed E-state index contributed by atoms with van der Waals surface area (Å²) in [4.78, 5) is 14.9. The van der Waals surface area contributed by atoms with E-state index in [0.717, 1.165) is 53.2 Å². The van der Waals surface area contributed by atoms with Crippen LogP contribution in [0.5, 0.6) is 0 Å². The molecule has 0 amide bonds. The largest absolute Gasteiger partial charge is 0.434 e. The highest BCUT2D eigenvalue weighted by Crippen LogP contribution is 2.36. The lowest BCUT2D eigenvalue weighted by atomic mass is 9.98. The number of nitrogens with zero attached hydrogens (tertiary/aromatic N) is 6. The first kappa shape index (κ1) is 19.0. The fraction of sp³-hybridized carbons (Fsp3) is 0.300. The maximum Gasteiger partial charge on any atom is 0.434 e. The second kappa shape index (κ2) is 7.35. The van der Waals surface area contributed by atoms with Crippen LogP contribution in [-0.4, -0.2) is 37.7 Å². The molecule has 154 valence electrons. The molecule has 1 aliphatic rings. The monoisotopic (exact) mass is 430 g/mol. The van der Waals surface area contributed by atoms with Crippen molar-refractivity contribution in [2.24, 2.45) is 0 Å². The van der Waals surface area contributed by atoms with Crippen molar-refractivity contribution in [2.75, 3.05) is 18.0 Å². The lowest BCUT2D eigenvalue weighted by Gasteiger charge is -2.33. The van der Waals surface area contributed by atoms with Crippen LogP contribution in [0, 0.1) is 0 Å². The number of piperidine rings is 1. The highest BCUT2D eigenvalue weighted by molar-refractivity contribution is 7.09. The Morgan fingerprint density at radius 2 is 1.93 bits per heavy atom. The van der Waals surface area contributed by atoms with Gasteiger partial charge in [-0.1, -0.05) is 30.3 Å². The van der Waals surface area contributed by atoms with Gasteiger partial charge in [0.2, 0.25) is 0 Å². The van der Waals surface area contributed by atoms with Crippen LogP contribution in [0.15, 0.2) is 48.1 Å². The summed E-state index contributed by atoms with van der Waals surface area (Å²) in [6.45, 7) is 1.35. The minimum Gasteiger partial charge on any atom is -0.356 e. The average Bonchev–Trinajstić information content (AvgIpc) is 3.43. The number of halogens is 3. The maximum atomic E-state index is 13.0. The van der Waals surface area contributed by atoms with Crippen molar-refractivity contribution in [3.8, 4) is 11.3 Å². The normalized spacial score (nSPS) is 17.6. The standard InChI is InChI=1S/C20H17F3N6S/c21-20(22,23)16-11-30-18(27-16)14-7-4-8-28(10-14)17-9-15(13-5-2-1-3-6-13)26-19-24-12-25-29(17)19/h1-3,5-6,9,11-12,14H,4,7-8,10H2. The minimum atomic E-state index is -4.41. The van der Waals surface area contributed by atoms with Crippen molar-refractivity contribution in [3.05, 3.63) is 58.8 Å². The summed E-state index contributed by atoms with van der Waals surface area (Å²) < 4.78 is 40.6. The zero-order chi connectivity index (χ0) is 20.7. The van der Waals surface area contributed by atoms with E-state index in [4.69, 9.17) is 0 Å². The van der Waals surface area contributed by atoms with Crippen molar-refractivity contribution in [2.45, 2.75) is 24.9 Å². The molecule has 0 saturated carbocycles. The van der Waals surface area contributed by atoms with Crippen molar-refractivity contribution in [1.82, 2.24) is 24.6 Å². The first-order valence-electron chi connectivity index (χ1n) is 9.53. The number of fused-ring (bicyclic) bond motifs is 1. The molecule has 4 heterocycles. The molecule has 1 fully saturated rings. The summed E-state index contributed by atoms with van der Waals surface area (Å²) in [6, 6.07) is 11.8. The van der Waals surface area contributed by atoms with E-state index in [1.54, 1.807) is 4.52 Å². The molecular formula is C20H17F3N6S. The zero-order valence-corrected chi connectivity index (χ0v) is 16.6. The van der Waals surface area contributed by atoms with E-state index in [2.05, 4.69) is 25.0 Å². The van der Waals surface area contributed by atoms with E-state index in [1.165, 1.54) is 6.33 Å². The second-order valence-electron chi connectivity index (χ2n) is 7.19. The summed E-state index contributed by atoms with van der Waals surface area (Å²) in [5.41, 5.74) is 0.933. The van der Waals surface area contributed by atoms with Crippen LogP contribution in [0.3, 0.4) is 0 Å². The van der Waals surface area contributed by atoms with Crippen molar-refractivity contribution < 1.29 is 13.2 Å². The Kier molecular flexibility index (Phi) is 4.65. The Balaban J connectivity index is 1.49. The minimum absolute atomic E-state index is 0.0632. The Morgan fingerprint density at radius 1 is 1.10 bits per heavy atom. The number of thiazole rings is 1. The van der Waals surface area contributed by atoms with Gasteiger partial charge in [-0.3, -0.25) is 0 Å². The summed E-state index contributed by atoms with van der Waals surface area (Å²) in [5.74, 6) is 1.25. The van der Waals surface area contributed by atoms with Gasteiger partial charge < -0.3 is 4.90 Å². The van der Waals surface area contributed by atoms with Gasteiger partial charge >= 0.3 is 6.18 Å². The molecule has 4 aromatic rings. The average molecular weight is 430 g/mol. The quantitative estimate of drug-likeness (QED) is 0.474. The number of anilines is 1. The van der Waals surface area contributed by atoms with Gasteiger partial charge in [0.15, 0.2) is 5.69 Å². The molecule has 6 nitrogen and oxygen atoms in total. The molecule has 1 aromatic carbocycles. The van der Waals surface area contributed by atoms with E-state index >= 15 is 0 Å². The molecule has 1 unspecified atom stereocenters. The Bertz CT molecular complexity index is 1170. The van der Waals surface area contributed by atoms with Crippen LogP contribution >= 0.6 is 11.3 Å². The molecule has 0 radical (unpaired) electrons. The smallest absolute Gasteiger partial charge is 0.356 e. The number of rotatable bonds is 3. The molecule has 30 heavy (non-hydrogen) atoms. The molecule has 0 bridgehead atoms. The first-order chi connectivity index (χ1) is 14.5. The molecule has 0 aliphatic carbocycles. The van der Waals surface area contributed by atoms with Gasteiger partial charge in [0.05, 0.1) is 10.7 Å². The van der Waals surface area contributed by atoms with Gasteiger partial charge in [-0.05, 0) is 12.8 Å². The number of aromatic nitrogens is 5. The lowest BCUT2D eigenvalue weighted by molar-refractivity contribution is -0.140. The van der Waals surface area contributed by atoms with Crippen LogP contribution in [0.1, 0.15) is 29.5 Å². The van der Waals surface area contributed by atoms with Crippen LogP contribution < -0.4 is 4.90 Å². The van der Waals surface area contributed by atoms with E-state index in [1.807, 2.05) is 36.4 Å². The van der Waals surface area contributed by atoms with E-state index in [0.29, 0.717) is 17.3 Å². The fourth-order valence-electron chi connectivity index (χ4n) is 3.77. The maximum absolute atomic E-state index is 13.0. The molecule has 0 N–H and O–H groups in total. The van der Waals surface area contributed by atoms with Gasteiger partial charge in [0.1, 0.15) is 12.1 Å². The van der Waals surface area contributed by atoms with Crippen molar-refractivity contribution in [3.63, 3.8) is 0 Å². The fourth-order valence-corrected chi connectivity index (χ4v) is 4.73. The number of benzene rings is 1. The van der Waals surface area contributed by atoms with E-state index in [-0.39, 0.29) is 5.92 Å². The molecule has 10 heteroatoms. The molecule has 5 rings (SSSR count). The Morgan fingerprint density at radius 3 is 2.70 bits per heavy atom.